The molecule has 0 aromatic heterocycles. The number of nitrogens with zero attached hydrogens (tertiary/aromatic N) is 1. The molecule has 0 saturated heterocycles. The van der Waals surface area contributed by atoms with Crippen LogP contribution in [0.5, 0.6) is 0 Å². The van der Waals surface area contributed by atoms with E-state index >= 15 is 0 Å². The van der Waals surface area contributed by atoms with Gasteiger partial charge in [-0.25, -0.2) is 4.79 Å². The number of nitrogens with one attached hydrogen (secondary N) is 2. The summed E-state index contributed by atoms with van der Waals surface area (Å²) in [6.45, 7) is 5.96. The Morgan fingerprint density at radius 3 is 2.32 bits per heavy atom. The molecule has 6 nitrogen and oxygen atoms in total. The van der Waals surface area contributed by atoms with Crippen LogP contribution in [0.4, 0.5) is 11.4 Å². The third-order valence-electron chi connectivity index (χ3n) is 6.03. The van der Waals surface area contributed by atoms with Crippen molar-refractivity contribution in [3.8, 4) is 11.1 Å². The van der Waals surface area contributed by atoms with Crippen molar-refractivity contribution in [2.75, 3.05) is 10.6 Å². The van der Waals surface area contributed by atoms with Crippen molar-refractivity contribution in [3.63, 3.8) is 0 Å². The summed E-state index contributed by atoms with van der Waals surface area (Å²) in [4.78, 5) is 26.0. The maximum absolute atomic E-state index is 12.8. The van der Waals surface area contributed by atoms with Crippen LogP contribution in [0.2, 0.25) is 0 Å². The van der Waals surface area contributed by atoms with Gasteiger partial charge in [-0.05, 0) is 77.6 Å². The van der Waals surface area contributed by atoms with Crippen LogP contribution < -0.4 is 10.6 Å². The van der Waals surface area contributed by atoms with E-state index in [-0.39, 0.29) is 11.8 Å². The predicted molar refractivity (Wildman–Crippen MR) is 139 cm³/mol. The first-order valence-corrected chi connectivity index (χ1v) is 11.6. The Kier molecular flexibility index (Phi) is 6.65. The Hall–Kier alpha value is -3.71. The van der Waals surface area contributed by atoms with E-state index in [2.05, 4.69) is 10.6 Å². The lowest BCUT2D eigenvalue weighted by atomic mass is 10.0. The van der Waals surface area contributed by atoms with E-state index in [4.69, 9.17) is 12.2 Å². The summed E-state index contributed by atoms with van der Waals surface area (Å²) in [6, 6.07) is 20.6. The van der Waals surface area contributed by atoms with Gasteiger partial charge in [0.1, 0.15) is 6.04 Å². The van der Waals surface area contributed by atoms with Crippen molar-refractivity contribution in [2.45, 2.75) is 33.4 Å². The summed E-state index contributed by atoms with van der Waals surface area (Å²) in [5.74, 6) is -1.38. The van der Waals surface area contributed by atoms with Gasteiger partial charge < -0.3 is 20.6 Å². The Morgan fingerprint density at radius 2 is 1.68 bits per heavy atom. The first kappa shape index (κ1) is 23.4. The van der Waals surface area contributed by atoms with Crippen LogP contribution in [0.25, 0.3) is 11.1 Å². The highest BCUT2D eigenvalue weighted by Crippen LogP contribution is 2.31. The lowest BCUT2D eigenvalue weighted by molar-refractivity contribution is -0.144. The highest BCUT2D eigenvalue weighted by molar-refractivity contribution is 7.80. The molecule has 1 atom stereocenters. The number of rotatable bonds is 6. The molecule has 3 aromatic carbocycles. The average Bonchev–Trinajstić information content (AvgIpc) is 3.10. The zero-order valence-electron chi connectivity index (χ0n) is 19.3. The minimum atomic E-state index is -0.978. The highest BCUT2D eigenvalue weighted by atomic mass is 32.1. The fourth-order valence-electron chi connectivity index (χ4n) is 4.27. The van der Waals surface area contributed by atoms with Gasteiger partial charge in [0.05, 0.1) is 0 Å². The van der Waals surface area contributed by atoms with Crippen LogP contribution in [0.1, 0.15) is 35.3 Å². The van der Waals surface area contributed by atoms with E-state index in [0.717, 1.165) is 33.6 Å². The number of carbonyl (C=O) groups excluding carboxylic acids is 1. The fourth-order valence-corrected chi connectivity index (χ4v) is 4.50. The molecule has 174 valence electrons. The minimum absolute atomic E-state index is 0.179. The zero-order valence-corrected chi connectivity index (χ0v) is 20.1. The molecule has 1 aliphatic rings. The van der Waals surface area contributed by atoms with Crippen LogP contribution in [-0.2, 0) is 11.3 Å². The average molecular weight is 474 g/mol. The van der Waals surface area contributed by atoms with Gasteiger partial charge >= 0.3 is 5.97 Å². The number of anilines is 2. The number of para-hydroxylation sites is 1. The first-order valence-electron chi connectivity index (χ1n) is 11.2. The van der Waals surface area contributed by atoms with E-state index in [0.29, 0.717) is 17.2 Å². The number of carboxylic acid groups (broad SMARTS) is 1. The molecule has 0 saturated carbocycles. The summed E-state index contributed by atoms with van der Waals surface area (Å²) < 4.78 is 0. The number of hydrogen-bond acceptors (Lipinski definition) is 3. The summed E-state index contributed by atoms with van der Waals surface area (Å²) in [5.41, 5.74) is 6.31. The van der Waals surface area contributed by atoms with Crippen molar-refractivity contribution < 1.29 is 14.7 Å². The summed E-state index contributed by atoms with van der Waals surface area (Å²) in [6.07, 6.45) is 0. The summed E-state index contributed by atoms with van der Waals surface area (Å²) in [7, 11) is 0. The number of aryl methyl sites for hydroxylation is 1. The van der Waals surface area contributed by atoms with Crippen LogP contribution in [0, 0.1) is 12.8 Å². The van der Waals surface area contributed by atoms with E-state index in [1.807, 2.05) is 81.4 Å². The number of amides is 1. The standard InChI is InChI=1S/C27H27N3O3S/c1-16(2)24(26(32)33)30-15-20-14-19(10-13-22(20)25(30)31)18-8-11-21(12-9-18)28-27(34)29-23-7-5-4-6-17(23)3/h4-14,16,24H,15H2,1-3H3,(H,32,33)(H2,28,29,34)/t24-/m0/s1. The quantitative estimate of drug-likeness (QED) is 0.408. The maximum Gasteiger partial charge on any atom is 0.326 e. The number of carbonyl (C=O) groups is 2. The Morgan fingerprint density at radius 1 is 1.00 bits per heavy atom. The van der Waals surface area contributed by atoms with Crippen LogP contribution in [-0.4, -0.2) is 33.0 Å². The molecular weight excluding hydrogens is 446 g/mol. The van der Waals surface area contributed by atoms with Crippen molar-refractivity contribution >= 4 is 40.6 Å². The second-order valence-electron chi connectivity index (χ2n) is 8.80. The molecule has 0 fully saturated rings. The molecule has 1 heterocycles. The lowest BCUT2D eigenvalue weighted by Crippen LogP contribution is -2.44. The molecule has 3 N–H and O–H groups in total. The number of fused-ring (bicyclic) bond motifs is 1. The van der Waals surface area contributed by atoms with Gasteiger partial charge in [0, 0.05) is 23.5 Å². The molecule has 1 amide bonds. The zero-order chi connectivity index (χ0) is 24.4. The van der Waals surface area contributed by atoms with Crippen molar-refractivity contribution in [1.29, 1.82) is 0 Å². The number of carboxylic acids is 1. The van der Waals surface area contributed by atoms with Gasteiger partial charge in [-0.3, -0.25) is 4.79 Å². The molecule has 3 aromatic rings. The first-order chi connectivity index (χ1) is 16.2. The normalized spacial score (nSPS) is 13.5. The smallest absolute Gasteiger partial charge is 0.326 e. The third kappa shape index (κ3) is 4.79. The number of hydrogen-bond donors (Lipinski definition) is 3. The molecular formula is C27H27N3O3S. The number of thiocarbonyl (C=S) groups is 1. The molecule has 0 aliphatic carbocycles. The molecule has 0 bridgehead atoms. The molecule has 4 rings (SSSR count). The van der Waals surface area contributed by atoms with Crippen LogP contribution >= 0.6 is 12.2 Å². The maximum atomic E-state index is 12.8. The van der Waals surface area contributed by atoms with E-state index in [9.17, 15) is 14.7 Å². The van der Waals surface area contributed by atoms with Gasteiger partial charge in [0.2, 0.25) is 0 Å². The minimum Gasteiger partial charge on any atom is -0.480 e. The Labute approximate surface area is 204 Å². The predicted octanol–water partition coefficient (Wildman–Crippen LogP) is 5.54. The van der Waals surface area contributed by atoms with Crippen molar-refractivity contribution in [1.82, 2.24) is 4.90 Å². The fraction of sp³-hybridized carbons (Fsp3) is 0.222. The SMILES string of the molecule is Cc1ccccc1NC(=S)Nc1ccc(-c2ccc3c(c2)CN([C@H](C(=O)O)C(C)C)C3=O)cc1. The van der Waals surface area contributed by atoms with Crippen molar-refractivity contribution in [3.05, 3.63) is 83.4 Å². The van der Waals surface area contributed by atoms with Gasteiger partial charge in [-0.1, -0.05) is 50.2 Å². The highest BCUT2D eigenvalue weighted by Gasteiger charge is 2.38. The molecule has 34 heavy (non-hydrogen) atoms. The second kappa shape index (κ2) is 9.65. The van der Waals surface area contributed by atoms with Gasteiger partial charge in [-0.2, -0.15) is 0 Å². The van der Waals surface area contributed by atoms with E-state index < -0.39 is 12.0 Å². The molecule has 1 aliphatic heterocycles. The largest absolute Gasteiger partial charge is 0.480 e. The molecule has 0 unspecified atom stereocenters. The van der Waals surface area contributed by atoms with E-state index in [1.165, 1.54) is 4.90 Å². The number of benzene rings is 3. The van der Waals surface area contributed by atoms with E-state index in [1.54, 1.807) is 6.07 Å². The van der Waals surface area contributed by atoms with Crippen molar-refractivity contribution in [2.24, 2.45) is 5.92 Å². The molecule has 7 heteroatoms. The monoisotopic (exact) mass is 473 g/mol. The van der Waals surface area contributed by atoms with Crippen LogP contribution in [0.3, 0.4) is 0 Å². The van der Waals surface area contributed by atoms with Gasteiger partial charge in [0.15, 0.2) is 5.11 Å². The third-order valence-corrected chi connectivity index (χ3v) is 6.23. The second-order valence-corrected chi connectivity index (χ2v) is 9.21. The van der Waals surface area contributed by atoms with Gasteiger partial charge in [0.25, 0.3) is 5.91 Å². The Bertz CT molecular complexity index is 1250. The lowest BCUT2D eigenvalue weighted by Gasteiger charge is -2.27. The van der Waals surface area contributed by atoms with Gasteiger partial charge in [-0.15, -0.1) is 0 Å². The summed E-state index contributed by atoms with van der Waals surface area (Å²) in [5, 5.41) is 16.5. The molecule has 0 spiro atoms. The number of aliphatic carboxylic acids is 1. The molecule has 0 radical (unpaired) electrons. The summed E-state index contributed by atoms with van der Waals surface area (Å²) >= 11 is 5.44. The topological polar surface area (TPSA) is 81.7 Å². The Balaban J connectivity index is 1.47. The van der Waals surface area contributed by atoms with Crippen LogP contribution in [0.15, 0.2) is 66.7 Å².